The van der Waals surface area contributed by atoms with Crippen molar-refractivity contribution in [3.8, 4) is 0 Å². The van der Waals surface area contributed by atoms with Crippen LogP contribution in [0.2, 0.25) is 0 Å². The van der Waals surface area contributed by atoms with Gasteiger partial charge in [-0.2, -0.15) is 10.1 Å². The first-order valence-electron chi connectivity index (χ1n) is 8.77. The van der Waals surface area contributed by atoms with E-state index in [0.717, 1.165) is 5.56 Å². The second-order valence-corrected chi connectivity index (χ2v) is 7.41. The van der Waals surface area contributed by atoms with Gasteiger partial charge in [0.25, 0.3) is 5.56 Å². The van der Waals surface area contributed by atoms with E-state index in [9.17, 15) is 9.59 Å². The zero-order valence-corrected chi connectivity index (χ0v) is 16.3. The molecule has 0 aliphatic heterocycles. The van der Waals surface area contributed by atoms with Gasteiger partial charge in [0.1, 0.15) is 0 Å². The van der Waals surface area contributed by atoms with E-state index in [4.69, 9.17) is 0 Å². The van der Waals surface area contributed by atoms with Crippen LogP contribution in [0.1, 0.15) is 21.6 Å². The molecule has 1 amide bonds. The first kappa shape index (κ1) is 18.1. The first-order chi connectivity index (χ1) is 13.5. The van der Waals surface area contributed by atoms with Gasteiger partial charge in [-0.15, -0.1) is 11.3 Å². The van der Waals surface area contributed by atoms with E-state index >= 15 is 0 Å². The lowest BCUT2D eigenvalue weighted by atomic mass is 10.1. The van der Waals surface area contributed by atoms with Gasteiger partial charge in [-0.25, -0.2) is 4.68 Å². The highest BCUT2D eigenvalue weighted by Crippen LogP contribution is 2.14. The molecule has 4 aromatic rings. The number of aromatic nitrogens is 3. The lowest BCUT2D eigenvalue weighted by Crippen LogP contribution is -2.24. The summed E-state index contributed by atoms with van der Waals surface area (Å²) in [5.41, 5.74) is 2.26. The van der Waals surface area contributed by atoms with E-state index < -0.39 is 5.91 Å². The van der Waals surface area contributed by atoms with Crippen LogP contribution < -0.4 is 10.4 Å². The topological polar surface area (TPSA) is 69.2 Å². The summed E-state index contributed by atoms with van der Waals surface area (Å²) in [5, 5.41) is 7.03. The Balaban J connectivity index is 1.75. The normalized spacial score (nSPS) is 11.9. The van der Waals surface area contributed by atoms with E-state index in [2.05, 4.69) is 34.4 Å². The molecule has 140 valence electrons. The van der Waals surface area contributed by atoms with Gasteiger partial charge in [-0.3, -0.25) is 9.59 Å². The van der Waals surface area contributed by atoms with Crippen molar-refractivity contribution in [2.45, 2.75) is 13.5 Å². The molecule has 0 aliphatic rings. The highest BCUT2D eigenvalue weighted by atomic mass is 32.1. The summed E-state index contributed by atoms with van der Waals surface area (Å²) >= 11 is 1.39. The van der Waals surface area contributed by atoms with Crippen LogP contribution in [-0.2, 0) is 13.6 Å². The summed E-state index contributed by atoms with van der Waals surface area (Å²) in [4.78, 5) is 30.0. The average Bonchev–Trinajstić information content (AvgIpc) is 3.13. The summed E-state index contributed by atoms with van der Waals surface area (Å²) in [5.74, 6) is -0.466. The maximum Gasteiger partial charge on any atom is 0.300 e. The molecule has 0 radical (unpaired) electrons. The zero-order valence-electron chi connectivity index (χ0n) is 15.5. The van der Waals surface area contributed by atoms with Crippen molar-refractivity contribution in [2.75, 3.05) is 0 Å². The summed E-state index contributed by atoms with van der Waals surface area (Å²) in [6.45, 7) is 2.67. The Morgan fingerprint density at radius 2 is 1.82 bits per heavy atom. The second-order valence-electron chi connectivity index (χ2n) is 6.54. The van der Waals surface area contributed by atoms with Crippen molar-refractivity contribution in [3.05, 3.63) is 92.1 Å². The highest BCUT2D eigenvalue weighted by Gasteiger charge is 2.15. The molecular formula is C21H18N4O2S. The number of hydrogen-bond donors (Lipinski definition) is 0. The maximum atomic E-state index is 12.9. The molecule has 2 heterocycles. The van der Waals surface area contributed by atoms with Crippen LogP contribution in [-0.4, -0.2) is 20.3 Å². The molecule has 28 heavy (non-hydrogen) atoms. The summed E-state index contributed by atoms with van der Waals surface area (Å²) in [6.07, 6.45) is 1.91. The van der Waals surface area contributed by atoms with Crippen molar-refractivity contribution in [2.24, 2.45) is 12.0 Å². The van der Waals surface area contributed by atoms with Gasteiger partial charge in [0, 0.05) is 30.6 Å². The molecule has 0 fully saturated rings. The Morgan fingerprint density at radius 3 is 2.57 bits per heavy atom. The van der Waals surface area contributed by atoms with E-state index in [1.807, 2.05) is 23.1 Å². The van der Waals surface area contributed by atoms with Gasteiger partial charge in [0.15, 0.2) is 10.5 Å². The minimum atomic E-state index is -0.466. The lowest BCUT2D eigenvalue weighted by molar-refractivity contribution is 0.0993. The molecule has 0 N–H and O–H groups in total. The molecule has 0 bridgehead atoms. The predicted molar refractivity (Wildman–Crippen MR) is 109 cm³/mol. The molecule has 0 aliphatic carbocycles. The molecule has 0 atom stereocenters. The van der Waals surface area contributed by atoms with E-state index in [1.54, 1.807) is 24.3 Å². The van der Waals surface area contributed by atoms with Crippen molar-refractivity contribution in [1.29, 1.82) is 0 Å². The summed E-state index contributed by atoms with van der Waals surface area (Å²) in [6, 6.07) is 15.2. The van der Waals surface area contributed by atoms with Crippen LogP contribution in [0.5, 0.6) is 0 Å². The molecule has 7 heteroatoms. The molecular weight excluding hydrogens is 372 g/mol. The van der Waals surface area contributed by atoms with Crippen molar-refractivity contribution >= 4 is 28.0 Å². The number of carbonyl (C=O) groups excluding carboxylic acids is 1. The van der Waals surface area contributed by atoms with Gasteiger partial charge >= 0.3 is 5.91 Å². The molecule has 0 spiro atoms. The maximum absolute atomic E-state index is 12.9. The number of amides is 1. The molecule has 2 aromatic heterocycles. The summed E-state index contributed by atoms with van der Waals surface area (Å²) < 4.78 is 3.11. The Hall–Kier alpha value is -3.32. The van der Waals surface area contributed by atoms with Crippen LogP contribution in [0.15, 0.2) is 69.9 Å². The second kappa shape index (κ2) is 7.36. The molecule has 0 saturated carbocycles. The van der Waals surface area contributed by atoms with E-state index in [0.29, 0.717) is 22.1 Å². The number of hydrogen-bond acceptors (Lipinski definition) is 4. The Labute approximate surface area is 165 Å². The fourth-order valence-electron chi connectivity index (χ4n) is 2.99. The van der Waals surface area contributed by atoms with Crippen LogP contribution in [0.25, 0.3) is 10.8 Å². The van der Waals surface area contributed by atoms with E-state index in [1.165, 1.54) is 28.6 Å². The van der Waals surface area contributed by atoms with Crippen molar-refractivity contribution < 1.29 is 4.79 Å². The highest BCUT2D eigenvalue weighted by molar-refractivity contribution is 7.07. The molecule has 0 unspecified atom stereocenters. The van der Waals surface area contributed by atoms with E-state index in [-0.39, 0.29) is 11.3 Å². The van der Waals surface area contributed by atoms with Crippen LogP contribution in [0.3, 0.4) is 0 Å². The monoisotopic (exact) mass is 390 g/mol. The largest absolute Gasteiger partial charge is 0.319 e. The quantitative estimate of drug-likeness (QED) is 0.540. The predicted octanol–water partition coefficient (Wildman–Crippen LogP) is 2.89. The van der Waals surface area contributed by atoms with Crippen molar-refractivity contribution in [3.63, 3.8) is 0 Å². The minimum absolute atomic E-state index is 0.174. The van der Waals surface area contributed by atoms with Gasteiger partial charge in [0.2, 0.25) is 0 Å². The molecule has 4 rings (SSSR count). The van der Waals surface area contributed by atoms with Crippen LogP contribution in [0.4, 0.5) is 0 Å². The molecule has 0 saturated heterocycles. The first-order valence-corrected chi connectivity index (χ1v) is 9.65. The minimum Gasteiger partial charge on any atom is -0.319 e. The number of benzene rings is 2. The van der Waals surface area contributed by atoms with Crippen LogP contribution in [0, 0.1) is 6.92 Å². The Bertz CT molecular complexity index is 1300. The summed E-state index contributed by atoms with van der Waals surface area (Å²) in [7, 11) is 1.54. The van der Waals surface area contributed by atoms with Gasteiger partial charge in [-0.1, -0.05) is 48.0 Å². The zero-order chi connectivity index (χ0) is 19.7. The fourth-order valence-corrected chi connectivity index (χ4v) is 3.72. The molecule has 2 aromatic carbocycles. The Kier molecular flexibility index (Phi) is 4.75. The molecule has 6 nitrogen and oxygen atoms in total. The number of carbonyl (C=O) groups is 1. The number of rotatable bonds is 3. The number of aryl methyl sites for hydroxylation is 2. The standard InChI is InChI=1S/C21H18N4O2S/c1-14-7-9-15(10-8-14)13-25-11-12-28-21(25)22-19(26)18-16-5-3-4-6-17(16)20(27)24(2)23-18/h3-12H,13H2,1-2H3. The number of nitrogens with zero attached hydrogens (tertiary/aromatic N) is 4. The number of thiazole rings is 1. The SMILES string of the molecule is Cc1ccc(Cn2ccsc2=NC(=O)c2nn(C)c(=O)c3ccccc23)cc1. The average molecular weight is 390 g/mol. The number of fused-ring (bicyclic) bond motifs is 1. The Morgan fingerprint density at radius 1 is 1.11 bits per heavy atom. The fraction of sp³-hybridized carbons (Fsp3) is 0.143. The lowest BCUT2D eigenvalue weighted by Gasteiger charge is -2.06. The van der Waals surface area contributed by atoms with Crippen LogP contribution >= 0.6 is 11.3 Å². The van der Waals surface area contributed by atoms with Gasteiger partial charge in [-0.05, 0) is 18.6 Å². The third-order valence-corrected chi connectivity index (χ3v) is 5.28. The smallest absolute Gasteiger partial charge is 0.300 e. The third-order valence-electron chi connectivity index (χ3n) is 4.49. The van der Waals surface area contributed by atoms with Gasteiger partial charge in [0.05, 0.1) is 5.39 Å². The van der Waals surface area contributed by atoms with Gasteiger partial charge < -0.3 is 4.57 Å². The van der Waals surface area contributed by atoms with Crippen molar-refractivity contribution in [1.82, 2.24) is 14.3 Å². The third kappa shape index (κ3) is 3.44.